The summed E-state index contributed by atoms with van der Waals surface area (Å²) in [6.45, 7) is 6.06. The van der Waals surface area contributed by atoms with Gasteiger partial charge in [0.15, 0.2) is 11.5 Å². The lowest BCUT2D eigenvalue weighted by Crippen LogP contribution is -2.47. The van der Waals surface area contributed by atoms with Crippen LogP contribution in [0.2, 0.25) is 0 Å². The number of amides is 1. The molecule has 0 spiro atoms. The van der Waals surface area contributed by atoms with Crippen LogP contribution >= 0.6 is 0 Å². The Morgan fingerprint density at radius 3 is 2.55 bits per heavy atom. The summed E-state index contributed by atoms with van der Waals surface area (Å²) >= 11 is 0. The van der Waals surface area contributed by atoms with Crippen LogP contribution in [0.5, 0.6) is 0 Å². The molecule has 1 aliphatic heterocycles. The molecule has 2 rings (SSSR count). The van der Waals surface area contributed by atoms with Crippen LogP contribution in [0.1, 0.15) is 38.4 Å². The molecule has 0 aromatic carbocycles. The fraction of sp³-hybridized carbons (Fsp3) is 0.615. The number of hydrogen-bond donors (Lipinski definition) is 1. The molecule has 0 fully saturated rings. The largest absolute Gasteiger partial charge is 0.435 e. The summed E-state index contributed by atoms with van der Waals surface area (Å²) in [7, 11) is 0. The monoisotopic (exact) mass is 318 g/mol. The molecular weight excluding hydrogens is 301 g/mol. The maximum Gasteiger partial charge on any atom is 0.435 e. The van der Waals surface area contributed by atoms with Gasteiger partial charge in [0.2, 0.25) is 0 Å². The van der Waals surface area contributed by atoms with Crippen LogP contribution in [0.15, 0.2) is 11.4 Å². The van der Waals surface area contributed by atoms with E-state index in [0.29, 0.717) is 12.3 Å². The third-order valence-corrected chi connectivity index (χ3v) is 3.38. The highest BCUT2D eigenvalue weighted by Gasteiger charge is 2.39. The van der Waals surface area contributed by atoms with Gasteiger partial charge in [-0.1, -0.05) is 5.16 Å². The first-order valence-corrected chi connectivity index (χ1v) is 6.70. The zero-order valence-corrected chi connectivity index (χ0v) is 12.7. The zero-order valence-electron chi connectivity index (χ0n) is 12.7. The average molecular weight is 318 g/mol. The predicted octanol–water partition coefficient (Wildman–Crippen LogP) is 2.18. The maximum absolute atomic E-state index is 12.8. The van der Waals surface area contributed by atoms with Gasteiger partial charge in [0.05, 0.1) is 0 Å². The number of hydrogen-bond acceptors (Lipinski definition) is 4. The van der Waals surface area contributed by atoms with Crippen molar-refractivity contribution in [1.82, 2.24) is 15.1 Å². The molecule has 0 saturated heterocycles. The third kappa shape index (κ3) is 3.07. The van der Waals surface area contributed by atoms with Gasteiger partial charge < -0.3 is 10.2 Å². The van der Waals surface area contributed by atoms with E-state index in [9.17, 15) is 18.0 Å². The number of aromatic nitrogens is 2. The van der Waals surface area contributed by atoms with Gasteiger partial charge in [-0.2, -0.15) is 18.3 Å². The molecular formula is C13H17F3N4O2. The fourth-order valence-electron chi connectivity index (χ4n) is 1.99. The number of nitrogens with zero attached hydrogens (tertiary/aromatic N) is 3. The van der Waals surface area contributed by atoms with E-state index in [1.54, 1.807) is 6.92 Å². The smallest absolute Gasteiger partial charge is 0.391 e. The van der Waals surface area contributed by atoms with E-state index < -0.39 is 23.3 Å². The Balaban J connectivity index is 2.21. The molecule has 22 heavy (non-hydrogen) atoms. The Labute approximate surface area is 125 Å². The van der Waals surface area contributed by atoms with Gasteiger partial charge in [-0.05, 0) is 33.3 Å². The summed E-state index contributed by atoms with van der Waals surface area (Å²) < 4.78 is 39.4. The quantitative estimate of drug-likeness (QED) is 0.909. The topological polar surface area (TPSA) is 68.5 Å². The number of alkyl halides is 3. The summed E-state index contributed by atoms with van der Waals surface area (Å²) in [5, 5.41) is 9.78. The summed E-state index contributed by atoms with van der Waals surface area (Å²) in [6.07, 6.45) is -3.05. The highest BCUT2D eigenvalue weighted by atomic mass is 19.4. The van der Waals surface area contributed by atoms with E-state index in [4.69, 9.17) is 4.84 Å². The Kier molecular flexibility index (Phi) is 3.92. The summed E-state index contributed by atoms with van der Waals surface area (Å²) in [5.74, 6) is -0.161. The molecule has 1 aliphatic rings. The van der Waals surface area contributed by atoms with E-state index in [0.717, 1.165) is 4.68 Å². The number of aryl methyl sites for hydroxylation is 1. The molecule has 9 heteroatoms. The molecule has 1 atom stereocenters. The number of nitrogens with one attached hydrogen (secondary N) is 1. The molecule has 1 aromatic rings. The normalized spacial score (nSPS) is 18.9. The Bertz CT molecular complexity index is 619. The molecule has 1 amide bonds. The van der Waals surface area contributed by atoms with Gasteiger partial charge in [-0.3, -0.25) is 9.48 Å². The van der Waals surface area contributed by atoms with Crippen LogP contribution in [0.4, 0.5) is 13.2 Å². The average Bonchev–Trinajstić information content (AvgIpc) is 2.95. The molecule has 1 aromatic heterocycles. The lowest BCUT2D eigenvalue weighted by Gasteiger charge is -2.24. The summed E-state index contributed by atoms with van der Waals surface area (Å²) in [6, 6.07) is 0. The number of oxime groups is 1. The Morgan fingerprint density at radius 2 is 2.09 bits per heavy atom. The third-order valence-electron chi connectivity index (χ3n) is 3.38. The van der Waals surface area contributed by atoms with Crippen LogP contribution in [-0.4, -0.2) is 27.6 Å². The molecule has 1 unspecified atom stereocenters. The van der Waals surface area contributed by atoms with Crippen molar-refractivity contribution in [2.45, 2.75) is 51.9 Å². The lowest BCUT2D eigenvalue weighted by molar-refractivity contribution is -0.142. The number of rotatable bonds is 2. The van der Waals surface area contributed by atoms with Crippen molar-refractivity contribution in [3.63, 3.8) is 0 Å². The minimum atomic E-state index is -4.55. The first-order chi connectivity index (χ1) is 10.0. The van der Waals surface area contributed by atoms with Crippen molar-refractivity contribution >= 4 is 11.7 Å². The first-order valence-electron chi connectivity index (χ1n) is 6.70. The van der Waals surface area contributed by atoms with E-state index in [1.807, 2.05) is 0 Å². The maximum atomic E-state index is 12.8. The summed E-state index contributed by atoms with van der Waals surface area (Å²) in [5.41, 5.74) is -2.34. The molecule has 0 saturated carbocycles. The molecule has 0 radical (unpaired) electrons. The standard InChI is InChI=1S/C13H17F3N4O2/c1-7-6-20(18-10(7)13(14,15)16)12(3,4)11(21)17-9-5-8(2)22-19-9/h6,8H,5H2,1-4H3,(H,17,19,21). The van der Waals surface area contributed by atoms with E-state index in [2.05, 4.69) is 15.6 Å². The van der Waals surface area contributed by atoms with Crippen molar-refractivity contribution in [2.24, 2.45) is 5.16 Å². The van der Waals surface area contributed by atoms with Gasteiger partial charge in [-0.15, -0.1) is 0 Å². The molecule has 0 aliphatic carbocycles. The predicted molar refractivity (Wildman–Crippen MR) is 72.0 cm³/mol. The number of carbonyl (C=O) groups is 1. The highest BCUT2D eigenvalue weighted by Crippen LogP contribution is 2.31. The highest BCUT2D eigenvalue weighted by molar-refractivity contribution is 6.01. The van der Waals surface area contributed by atoms with Crippen molar-refractivity contribution < 1.29 is 22.8 Å². The number of carbonyl (C=O) groups excluding carboxylic acids is 1. The number of amidine groups is 1. The molecule has 2 heterocycles. The van der Waals surface area contributed by atoms with Crippen LogP contribution in [0, 0.1) is 6.92 Å². The van der Waals surface area contributed by atoms with Crippen LogP contribution in [0.3, 0.4) is 0 Å². The van der Waals surface area contributed by atoms with Crippen molar-refractivity contribution in [3.05, 3.63) is 17.5 Å². The van der Waals surface area contributed by atoms with Gasteiger partial charge in [-0.25, -0.2) is 0 Å². The lowest BCUT2D eigenvalue weighted by atomic mass is 10.0. The SMILES string of the molecule is Cc1cn(C(C)(C)C(=O)NC2=NOC(C)C2)nc1C(F)(F)F. The van der Waals surface area contributed by atoms with Crippen LogP contribution < -0.4 is 5.32 Å². The minimum absolute atomic E-state index is 0.0384. The Hall–Kier alpha value is -2.06. The van der Waals surface area contributed by atoms with E-state index in [1.165, 1.54) is 27.0 Å². The van der Waals surface area contributed by atoms with Gasteiger partial charge >= 0.3 is 6.18 Å². The van der Waals surface area contributed by atoms with Gasteiger partial charge in [0.1, 0.15) is 11.6 Å². The zero-order chi connectivity index (χ0) is 16.7. The first kappa shape index (κ1) is 16.3. The second kappa shape index (κ2) is 5.29. The second-order valence-corrected chi connectivity index (χ2v) is 5.77. The molecule has 1 N–H and O–H groups in total. The van der Waals surface area contributed by atoms with E-state index >= 15 is 0 Å². The number of halogens is 3. The van der Waals surface area contributed by atoms with Crippen LogP contribution in [-0.2, 0) is 21.3 Å². The molecule has 122 valence electrons. The van der Waals surface area contributed by atoms with E-state index in [-0.39, 0.29) is 11.7 Å². The van der Waals surface area contributed by atoms with Crippen molar-refractivity contribution in [2.75, 3.05) is 0 Å². The molecule has 6 nitrogen and oxygen atoms in total. The van der Waals surface area contributed by atoms with Crippen molar-refractivity contribution in [1.29, 1.82) is 0 Å². The fourth-order valence-corrected chi connectivity index (χ4v) is 1.99. The van der Waals surface area contributed by atoms with Crippen molar-refractivity contribution in [3.8, 4) is 0 Å². The Morgan fingerprint density at radius 1 is 1.45 bits per heavy atom. The molecule has 0 bridgehead atoms. The van der Waals surface area contributed by atoms with Gasteiger partial charge in [0.25, 0.3) is 5.91 Å². The summed E-state index contributed by atoms with van der Waals surface area (Å²) in [4.78, 5) is 17.3. The van der Waals surface area contributed by atoms with Crippen LogP contribution in [0.25, 0.3) is 0 Å². The second-order valence-electron chi connectivity index (χ2n) is 5.77. The van der Waals surface area contributed by atoms with Gasteiger partial charge in [0, 0.05) is 12.6 Å². The minimum Gasteiger partial charge on any atom is -0.391 e.